The number of carbonyl (C=O) groups excluding carboxylic acids is 1. The molecule has 0 spiro atoms. The van der Waals surface area contributed by atoms with Crippen LogP contribution in [0.15, 0.2) is 23.0 Å². The second kappa shape index (κ2) is 5.99. The third-order valence-electron chi connectivity index (χ3n) is 2.35. The topological polar surface area (TPSA) is 74.8 Å². The van der Waals surface area contributed by atoms with E-state index < -0.39 is 5.69 Å². The summed E-state index contributed by atoms with van der Waals surface area (Å²) in [6, 6.07) is 5.07. The molecule has 2 aromatic rings. The van der Waals surface area contributed by atoms with Gasteiger partial charge in [0.25, 0.3) is 5.91 Å². The Morgan fingerprint density at radius 2 is 2.32 bits per heavy atom. The van der Waals surface area contributed by atoms with Gasteiger partial charge >= 0.3 is 5.69 Å². The van der Waals surface area contributed by atoms with Crippen LogP contribution in [0.2, 0.25) is 4.34 Å². The fourth-order valence-corrected chi connectivity index (χ4v) is 2.51. The maximum Gasteiger partial charge on any atom is 0.346 e. The molecule has 0 unspecified atom stereocenters. The highest BCUT2D eigenvalue weighted by atomic mass is 35.5. The lowest BCUT2D eigenvalue weighted by Crippen LogP contribution is -2.27. The van der Waals surface area contributed by atoms with Crippen LogP contribution in [0, 0.1) is 0 Å². The van der Waals surface area contributed by atoms with Crippen molar-refractivity contribution >= 4 is 28.8 Å². The lowest BCUT2D eigenvalue weighted by molar-refractivity contribution is 0.0948. The van der Waals surface area contributed by atoms with E-state index >= 15 is 0 Å². The highest BCUT2D eigenvalue weighted by Crippen LogP contribution is 2.29. The summed E-state index contributed by atoms with van der Waals surface area (Å²) >= 11 is 7.18. The third kappa shape index (κ3) is 3.42. The van der Waals surface area contributed by atoms with Crippen LogP contribution >= 0.6 is 22.9 Å². The Labute approximate surface area is 118 Å². The highest BCUT2D eigenvalue weighted by Gasteiger charge is 2.11. The maximum atomic E-state index is 11.8. The molecule has 1 amide bonds. The van der Waals surface area contributed by atoms with E-state index in [1.54, 1.807) is 18.2 Å². The molecule has 0 atom stereocenters. The first-order chi connectivity index (χ1) is 9.10. The minimum atomic E-state index is -0.552. The van der Waals surface area contributed by atoms with Crippen molar-refractivity contribution in [1.29, 1.82) is 0 Å². The van der Waals surface area contributed by atoms with Gasteiger partial charge in [-0.3, -0.25) is 4.79 Å². The van der Waals surface area contributed by atoms with E-state index in [9.17, 15) is 9.59 Å². The van der Waals surface area contributed by atoms with E-state index in [4.69, 9.17) is 11.6 Å². The summed E-state index contributed by atoms with van der Waals surface area (Å²) in [5.74, 6) is -0.350. The number of rotatable bonds is 4. The average Bonchev–Trinajstić information content (AvgIpc) is 2.82. The van der Waals surface area contributed by atoms with Gasteiger partial charge in [-0.2, -0.15) is 4.98 Å². The zero-order valence-corrected chi connectivity index (χ0v) is 11.8. The Morgan fingerprint density at radius 3 is 2.95 bits per heavy atom. The molecule has 5 nitrogen and oxygen atoms in total. The fraction of sp³-hybridized carbons (Fsp3) is 0.250. The van der Waals surface area contributed by atoms with Crippen molar-refractivity contribution in [2.24, 2.45) is 0 Å². The number of amides is 1. The van der Waals surface area contributed by atoms with E-state index in [0.717, 1.165) is 11.3 Å². The molecule has 0 aromatic carbocycles. The monoisotopic (exact) mass is 297 g/mol. The second-order valence-corrected chi connectivity index (χ2v) is 5.56. The van der Waals surface area contributed by atoms with E-state index in [1.807, 2.05) is 6.92 Å². The minimum Gasteiger partial charge on any atom is -0.351 e. The molecule has 2 aromatic heterocycles. The van der Waals surface area contributed by atoms with Gasteiger partial charge < -0.3 is 10.3 Å². The molecule has 2 N–H and O–H groups in total. The van der Waals surface area contributed by atoms with Crippen LogP contribution in [0.1, 0.15) is 23.8 Å². The third-order valence-corrected chi connectivity index (χ3v) is 3.62. The number of halogens is 1. The molecule has 7 heteroatoms. The number of hydrogen-bond acceptors (Lipinski definition) is 4. The highest BCUT2D eigenvalue weighted by molar-refractivity contribution is 7.19. The first-order valence-electron chi connectivity index (χ1n) is 5.75. The molecule has 2 heterocycles. The van der Waals surface area contributed by atoms with Crippen LogP contribution in [0.5, 0.6) is 0 Å². The molecule has 100 valence electrons. The lowest BCUT2D eigenvalue weighted by atomic mass is 10.2. The number of aromatic nitrogens is 2. The van der Waals surface area contributed by atoms with Crippen molar-refractivity contribution in [3.63, 3.8) is 0 Å². The first-order valence-corrected chi connectivity index (χ1v) is 6.95. The summed E-state index contributed by atoms with van der Waals surface area (Å²) in [4.78, 5) is 30.3. The Kier molecular flexibility index (Phi) is 4.34. The predicted molar refractivity (Wildman–Crippen MR) is 75.8 cm³/mol. The maximum absolute atomic E-state index is 11.8. The van der Waals surface area contributed by atoms with Gasteiger partial charge in [-0.25, -0.2) is 4.79 Å². The summed E-state index contributed by atoms with van der Waals surface area (Å²) in [6.45, 7) is 2.50. The first kappa shape index (κ1) is 13.8. The minimum absolute atomic E-state index is 0.108. The van der Waals surface area contributed by atoms with Gasteiger partial charge in [0.2, 0.25) is 0 Å². The Bertz CT molecular complexity index is 650. The zero-order valence-electron chi connectivity index (χ0n) is 10.2. The molecular weight excluding hydrogens is 286 g/mol. The number of hydrogen-bond donors (Lipinski definition) is 2. The summed E-state index contributed by atoms with van der Waals surface area (Å²) in [7, 11) is 0. The standard InChI is InChI=1S/C12H12ClN3O2S/c1-2-5-14-11(17)8-6-7(15-12(18)16-8)9-3-4-10(13)19-9/h3-4,6H,2,5H2,1H3,(H,14,17)(H,15,16,18). The Hall–Kier alpha value is -1.66. The van der Waals surface area contributed by atoms with Crippen molar-refractivity contribution in [2.75, 3.05) is 6.54 Å². The Morgan fingerprint density at radius 1 is 1.53 bits per heavy atom. The summed E-state index contributed by atoms with van der Waals surface area (Å²) in [5, 5.41) is 2.68. The molecule has 0 bridgehead atoms. The molecule has 2 rings (SSSR count). The van der Waals surface area contributed by atoms with Gasteiger partial charge in [-0.1, -0.05) is 18.5 Å². The number of aromatic amines is 1. The predicted octanol–water partition coefficient (Wildman–Crippen LogP) is 2.29. The number of nitrogens with zero attached hydrogens (tertiary/aromatic N) is 1. The molecule has 0 aliphatic rings. The number of H-pyrrole nitrogens is 1. The quantitative estimate of drug-likeness (QED) is 0.909. The van der Waals surface area contributed by atoms with Gasteiger partial charge in [-0.15, -0.1) is 11.3 Å². The van der Waals surface area contributed by atoms with Gasteiger partial charge in [0.05, 0.1) is 14.9 Å². The number of carbonyl (C=O) groups is 1. The van der Waals surface area contributed by atoms with Gasteiger partial charge in [0.1, 0.15) is 5.69 Å². The SMILES string of the molecule is CCCNC(=O)c1cc(-c2ccc(Cl)s2)[nH]c(=O)n1. The average molecular weight is 298 g/mol. The van der Waals surface area contributed by atoms with Crippen molar-refractivity contribution < 1.29 is 4.79 Å². The molecule has 0 saturated carbocycles. The zero-order chi connectivity index (χ0) is 13.8. The number of nitrogens with one attached hydrogen (secondary N) is 2. The van der Waals surface area contributed by atoms with Crippen LogP contribution in [0.4, 0.5) is 0 Å². The molecule has 0 radical (unpaired) electrons. The second-order valence-electron chi connectivity index (χ2n) is 3.84. The lowest BCUT2D eigenvalue weighted by Gasteiger charge is -2.03. The van der Waals surface area contributed by atoms with E-state index in [1.165, 1.54) is 11.3 Å². The van der Waals surface area contributed by atoms with E-state index in [-0.39, 0.29) is 11.6 Å². The van der Waals surface area contributed by atoms with Crippen LogP contribution in [0.3, 0.4) is 0 Å². The molecule has 0 aliphatic carbocycles. The molecule has 0 saturated heterocycles. The van der Waals surface area contributed by atoms with Gasteiger partial charge in [-0.05, 0) is 24.6 Å². The van der Waals surface area contributed by atoms with Crippen LogP contribution in [0.25, 0.3) is 10.6 Å². The van der Waals surface area contributed by atoms with Crippen LogP contribution in [-0.2, 0) is 0 Å². The molecular formula is C12H12ClN3O2S. The fourth-order valence-electron chi connectivity index (χ4n) is 1.49. The molecule has 19 heavy (non-hydrogen) atoms. The van der Waals surface area contributed by atoms with Crippen molar-refractivity contribution in [3.05, 3.63) is 38.7 Å². The van der Waals surface area contributed by atoms with Crippen LogP contribution in [-0.4, -0.2) is 22.4 Å². The van der Waals surface area contributed by atoms with Crippen molar-refractivity contribution in [3.8, 4) is 10.6 Å². The van der Waals surface area contributed by atoms with E-state index in [0.29, 0.717) is 16.6 Å². The van der Waals surface area contributed by atoms with Gasteiger partial charge in [0, 0.05) is 6.54 Å². The summed E-state index contributed by atoms with van der Waals surface area (Å²) in [6.07, 6.45) is 0.822. The van der Waals surface area contributed by atoms with E-state index in [2.05, 4.69) is 15.3 Å². The largest absolute Gasteiger partial charge is 0.351 e. The molecule has 0 fully saturated rings. The smallest absolute Gasteiger partial charge is 0.346 e. The van der Waals surface area contributed by atoms with Crippen LogP contribution < -0.4 is 11.0 Å². The normalized spacial score (nSPS) is 10.4. The summed E-state index contributed by atoms with van der Waals surface area (Å²) in [5.41, 5.74) is 0.0962. The van der Waals surface area contributed by atoms with Crippen molar-refractivity contribution in [2.45, 2.75) is 13.3 Å². The summed E-state index contributed by atoms with van der Waals surface area (Å²) < 4.78 is 0.615. The Balaban J connectivity index is 2.34. The number of thiophene rings is 1. The van der Waals surface area contributed by atoms with Gasteiger partial charge in [0.15, 0.2) is 0 Å². The van der Waals surface area contributed by atoms with Crippen molar-refractivity contribution in [1.82, 2.24) is 15.3 Å². The molecule has 0 aliphatic heterocycles.